The molecule has 0 amide bonds. The largest absolute Gasteiger partial charge is 0.512 e. The molecule has 0 heterocycles. The van der Waals surface area contributed by atoms with Crippen molar-refractivity contribution >= 4 is 17.8 Å². The molecule has 4 heteroatoms. The molecule has 4 nitrogen and oxygen atoms in total. The summed E-state index contributed by atoms with van der Waals surface area (Å²) in [6.07, 6.45) is 0.962. The molecule has 15 heavy (non-hydrogen) atoms. The molecule has 0 bridgehead atoms. The fourth-order valence-corrected chi connectivity index (χ4v) is 1.68. The van der Waals surface area contributed by atoms with Crippen LogP contribution >= 0.6 is 0 Å². The van der Waals surface area contributed by atoms with Gasteiger partial charge in [-0.3, -0.25) is 0 Å². The first-order valence-electron chi connectivity index (χ1n) is 4.49. The molecule has 78 valence electrons. The van der Waals surface area contributed by atoms with Crippen molar-refractivity contribution in [3.05, 3.63) is 34.7 Å². The minimum Gasteiger partial charge on any atom is -0.512 e. The third-order valence-electron chi connectivity index (χ3n) is 2.47. The Labute approximate surface area is 85.4 Å². The van der Waals surface area contributed by atoms with Crippen molar-refractivity contribution in [2.24, 2.45) is 0 Å². The van der Waals surface area contributed by atoms with Crippen LogP contribution in [0.15, 0.2) is 24.3 Å². The molecule has 1 aliphatic rings. The Hall–Kier alpha value is -1.81. The summed E-state index contributed by atoms with van der Waals surface area (Å²) in [6, 6.07) is 6.80. The normalized spacial score (nSPS) is 24.2. The Kier molecular flexibility index (Phi) is 2.01. The number of rotatable bonds is 1. The number of aliphatic carboxylic acids is 1. The van der Waals surface area contributed by atoms with Crippen LogP contribution in [-0.4, -0.2) is 26.9 Å². The summed E-state index contributed by atoms with van der Waals surface area (Å²) in [5, 5.41) is 29.3. The second kappa shape index (κ2) is 3.10. The highest BCUT2D eigenvalue weighted by Gasteiger charge is 2.36. The molecule has 0 aliphatic heterocycles. The smallest absolute Gasteiger partial charge is 0.340 e. The maximum Gasteiger partial charge on any atom is 0.340 e. The minimum absolute atomic E-state index is 0.0991. The number of fused-ring (bicyclic) bond motifs is 1. The molecule has 1 aromatic carbocycles. The van der Waals surface area contributed by atoms with Gasteiger partial charge in [-0.15, -0.1) is 0 Å². The van der Waals surface area contributed by atoms with E-state index in [1.54, 1.807) is 24.3 Å². The van der Waals surface area contributed by atoms with Crippen molar-refractivity contribution in [3.8, 4) is 0 Å². The number of hydrogen-bond acceptors (Lipinski definition) is 3. The van der Waals surface area contributed by atoms with Crippen LogP contribution in [0.3, 0.4) is 0 Å². The van der Waals surface area contributed by atoms with Gasteiger partial charge in [-0.2, -0.15) is 0 Å². The summed E-state index contributed by atoms with van der Waals surface area (Å²) in [7, 11) is 0. The van der Waals surface area contributed by atoms with Crippen LogP contribution in [0.4, 0.5) is 0 Å². The number of aliphatic hydroxyl groups is 2. The number of hydrogen-bond donors (Lipinski definition) is 3. The summed E-state index contributed by atoms with van der Waals surface area (Å²) in [5.74, 6) is -1.46. The van der Waals surface area contributed by atoms with E-state index >= 15 is 0 Å². The van der Waals surface area contributed by atoms with E-state index in [1.807, 2.05) is 0 Å². The van der Waals surface area contributed by atoms with Gasteiger partial charge >= 0.3 is 5.97 Å². The molecular weight excluding hydrogens is 196 g/mol. The van der Waals surface area contributed by atoms with E-state index in [4.69, 9.17) is 5.11 Å². The monoisotopic (exact) mass is 206 g/mol. The Morgan fingerprint density at radius 1 is 1.33 bits per heavy atom. The molecule has 1 atom stereocenters. The van der Waals surface area contributed by atoms with Crippen LogP contribution < -0.4 is 10.4 Å². The predicted molar refractivity (Wildman–Crippen MR) is 53.4 cm³/mol. The van der Waals surface area contributed by atoms with Gasteiger partial charge in [0.1, 0.15) is 5.76 Å². The van der Waals surface area contributed by atoms with Crippen molar-refractivity contribution in [1.29, 1.82) is 0 Å². The second-order valence-corrected chi connectivity index (χ2v) is 3.58. The zero-order chi connectivity index (χ0) is 11.1. The van der Waals surface area contributed by atoms with E-state index in [0.717, 1.165) is 0 Å². The van der Waals surface area contributed by atoms with E-state index in [2.05, 4.69) is 0 Å². The predicted octanol–water partition coefficient (Wildman–Crippen LogP) is -0.647. The second-order valence-electron chi connectivity index (χ2n) is 3.58. The first-order valence-corrected chi connectivity index (χ1v) is 4.49. The molecule has 0 saturated heterocycles. The zero-order valence-electron chi connectivity index (χ0n) is 7.84. The molecule has 1 unspecified atom stereocenters. The standard InChI is InChI=1S/C11H10O4/c12-9-6-11(15,10(13)14)5-7-3-1-2-4-8(7)9/h1-5,12,15H,6H2,(H,13,14). The first-order chi connectivity index (χ1) is 7.03. The van der Waals surface area contributed by atoms with Crippen LogP contribution in [-0.2, 0) is 4.79 Å². The van der Waals surface area contributed by atoms with Gasteiger partial charge in [0, 0.05) is 11.6 Å². The van der Waals surface area contributed by atoms with Gasteiger partial charge in [-0.1, -0.05) is 24.3 Å². The molecule has 0 spiro atoms. The summed E-state index contributed by atoms with van der Waals surface area (Å²) >= 11 is 0. The topological polar surface area (TPSA) is 77.8 Å². The molecule has 0 saturated carbocycles. The first kappa shape index (κ1) is 9.73. The lowest BCUT2D eigenvalue weighted by Crippen LogP contribution is -2.45. The number of aliphatic hydroxyl groups excluding tert-OH is 1. The molecular formula is C11H10O4. The third kappa shape index (κ3) is 1.49. The van der Waals surface area contributed by atoms with Crippen molar-refractivity contribution in [1.82, 2.24) is 0 Å². The van der Waals surface area contributed by atoms with Crippen LogP contribution in [0.5, 0.6) is 0 Å². The van der Waals surface area contributed by atoms with E-state index in [-0.39, 0.29) is 12.2 Å². The highest BCUT2D eigenvalue weighted by Crippen LogP contribution is 2.19. The lowest BCUT2D eigenvalue weighted by Gasteiger charge is -2.21. The maximum atomic E-state index is 10.8. The van der Waals surface area contributed by atoms with Crippen molar-refractivity contribution in [2.45, 2.75) is 12.0 Å². The highest BCUT2D eigenvalue weighted by molar-refractivity contribution is 5.87. The van der Waals surface area contributed by atoms with Gasteiger partial charge in [0.2, 0.25) is 0 Å². The van der Waals surface area contributed by atoms with Gasteiger partial charge in [0.15, 0.2) is 5.60 Å². The molecule has 2 rings (SSSR count). The van der Waals surface area contributed by atoms with E-state index < -0.39 is 11.6 Å². The van der Waals surface area contributed by atoms with Gasteiger partial charge in [-0.05, 0) is 11.3 Å². The lowest BCUT2D eigenvalue weighted by atomic mass is 9.91. The quantitative estimate of drug-likeness (QED) is 0.570. The van der Waals surface area contributed by atoms with Crippen LogP contribution in [0.2, 0.25) is 0 Å². The molecule has 1 aromatic rings. The third-order valence-corrected chi connectivity index (χ3v) is 2.47. The summed E-state index contributed by atoms with van der Waals surface area (Å²) in [5.41, 5.74) is -2.00. The lowest BCUT2D eigenvalue weighted by molar-refractivity contribution is -0.151. The highest BCUT2D eigenvalue weighted by atomic mass is 16.4. The Morgan fingerprint density at radius 2 is 2.00 bits per heavy atom. The Morgan fingerprint density at radius 3 is 2.67 bits per heavy atom. The summed E-state index contributed by atoms with van der Waals surface area (Å²) in [6.45, 7) is 0. The maximum absolute atomic E-state index is 10.8. The minimum atomic E-state index is -2.00. The van der Waals surface area contributed by atoms with E-state index in [0.29, 0.717) is 10.4 Å². The van der Waals surface area contributed by atoms with E-state index in [9.17, 15) is 15.0 Å². The Bertz CT molecular complexity index is 532. The van der Waals surface area contributed by atoms with Gasteiger partial charge in [-0.25, -0.2) is 4.79 Å². The fraction of sp³-hybridized carbons (Fsp3) is 0.182. The van der Waals surface area contributed by atoms with Crippen LogP contribution in [0, 0.1) is 0 Å². The molecule has 0 aromatic heterocycles. The van der Waals surface area contributed by atoms with Crippen LogP contribution in [0.25, 0.3) is 11.8 Å². The molecule has 3 N–H and O–H groups in total. The summed E-state index contributed by atoms with van der Waals surface area (Å²) in [4.78, 5) is 10.8. The van der Waals surface area contributed by atoms with Crippen molar-refractivity contribution < 1.29 is 20.1 Å². The number of carboxylic acids is 1. The average molecular weight is 206 g/mol. The fourth-order valence-electron chi connectivity index (χ4n) is 1.68. The summed E-state index contributed by atoms with van der Waals surface area (Å²) < 4.78 is 0. The molecule has 1 aliphatic carbocycles. The average Bonchev–Trinajstić information content (AvgIpc) is 2.17. The number of benzene rings is 1. The van der Waals surface area contributed by atoms with Gasteiger partial charge in [0.25, 0.3) is 0 Å². The van der Waals surface area contributed by atoms with Crippen molar-refractivity contribution in [3.63, 3.8) is 0 Å². The molecule has 0 radical (unpaired) electrons. The SMILES string of the molecule is O=C(O)C1(O)C=c2ccccc2=C(O)C1. The zero-order valence-corrected chi connectivity index (χ0v) is 7.84. The van der Waals surface area contributed by atoms with Crippen LogP contribution in [0.1, 0.15) is 6.42 Å². The molecule has 0 fully saturated rings. The number of carboxylic acid groups (broad SMARTS) is 1. The Balaban J connectivity index is 2.74. The van der Waals surface area contributed by atoms with Gasteiger partial charge < -0.3 is 15.3 Å². The van der Waals surface area contributed by atoms with Gasteiger partial charge in [0.05, 0.1) is 0 Å². The number of carbonyl (C=O) groups is 1. The van der Waals surface area contributed by atoms with Crippen molar-refractivity contribution in [2.75, 3.05) is 0 Å². The van der Waals surface area contributed by atoms with E-state index in [1.165, 1.54) is 6.08 Å².